The lowest BCUT2D eigenvalue weighted by Crippen LogP contribution is -2.27. The van der Waals surface area contributed by atoms with Crippen LogP contribution in [0.25, 0.3) is 0 Å². The Morgan fingerprint density at radius 2 is 1.94 bits per heavy atom. The molecule has 2 atom stereocenters. The number of non-ortho nitro benzene ring substituents is 1. The number of benzene rings is 1. The van der Waals surface area contributed by atoms with Crippen LogP contribution >= 0.6 is 0 Å². The lowest BCUT2D eigenvalue weighted by Gasteiger charge is -2.18. The van der Waals surface area contributed by atoms with Crippen LogP contribution in [-0.2, 0) is 4.79 Å². The Kier molecular flexibility index (Phi) is 4.17. The normalized spacial score (nSPS) is 14.0. The number of aliphatic carboxylic acids is 1. The molecule has 6 nitrogen and oxygen atoms in total. The van der Waals surface area contributed by atoms with Gasteiger partial charge in [-0.25, -0.2) is 4.79 Å². The summed E-state index contributed by atoms with van der Waals surface area (Å²) in [5, 5.41) is 28.7. The number of hydrogen-bond acceptors (Lipinski definition) is 4. The van der Waals surface area contributed by atoms with Crippen LogP contribution in [0.4, 0.5) is 5.69 Å². The summed E-state index contributed by atoms with van der Waals surface area (Å²) in [5.41, 5.74) is 0.515. The second-order valence-corrected chi connectivity index (χ2v) is 3.65. The van der Waals surface area contributed by atoms with E-state index < -0.39 is 22.9 Å². The van der Waals surface area contributed by atoms with E-state index in [-0.39, 0.29) is 5.69 Å². The predicted molar refractivity (Wildman–Crippen MR) is 59.8 cm³/mol. The number of nitro groups is 1. The number of aliphatic hydroxyl groups excluding tert-OH is 1. The first kappa shape index (κ1) is 13.1. The van der Waals surface area contributed by atoms with Crippen LogP contribution in [0.15, 0.2) is 24.3 Å². The fourth-order valence-electron chi connectivity index (χ4n) is 1.66. The molecule has 1 aromatic carbocycles. The zero-order chi connectivity index (χ0) is 13.0. The summed E-state index contributed by atoms with van der Waals surface area (Å²) in [6.07, 6.45) is -1.06. The van der Waals surface area contributed by atoms with Crippen LogP contribution in [-0.4, -0.2) is 27.2 Å². The molecule has 6 heteroatoms. The van der Waals surface area contributed by atoms with Crippen molar-refractivity contribution in [2.75, 3.05) is 0 Å². The molecule has 0 aromatic heterocycles. The van der Waals surface area contributed by atoms with Gasteiger partial charge in [-0.05, 0) is 12.0 Å². The van der Waals surface area contributed by atoms with Crippen molar-refractivity contribution >= 4 is 11.7 Å². The zero-order valence-electron chi connectivity index (χ0n) is 9.24. The van der Waals surface area contributed by atoms with Crippen molar-refractivity contribution in [1.82, 2.24) is 0 Å². The van der Waals surface area contributed by atoms with Crippen molar-refractivity contribution < 1.29 is 19.9 Å². The molecule has 17 heavy (non-hydrogen) atoms. The van der Waals surface area contributed by atoms with Gasteiger partial charge in [0.05, 0.1) is 4.92 Å². The third-order valence-corrected chi connectivity index (χ3v) is 2.61. The number of rotatable bonds is 5. The number of aliphatic hydroxyl groups is 1. The summed E-state index contributed by atoms with van der Waals surface area (Å²) < 4.78 is 0. The van der Waals surface area contributed by atoms with E-state index in [1.54, 1.807) is 6.92 Å². The average molecular weight is 239 g/mol. The fourth-order valence-corrected chi connectivity index (χ4v) is 1.66. The topological polar surface area (TPSA) is 101 Å². The van der Waals surface area contributed by atoms with Crippen LogP contribution in [0.1, 0.15) is 24.8 Å². The second-order valence-electron chi connectivity index (χ2n) is 3.65. The maximum absolute atomic E-state index is 10.7. The van der Waals surface area contributed by atoms with Crippen molar-refractivity contribution in [2.24, 2.45) is 0 Å². The van der Waals surface area contributed by atoms with Crippen molar-refractivity contribution in [3.05, 3.63) is 39.9 Å². The standard InChI is InChI=1S/C11H13NO5/c1-2-9(10(13)11(14)15)7-3-5-8(6-4-7)12(16)17/h3-6,9-10,13H,2H2,1H3,(H,14,15). The van der Waals surface area contributed by atoms with Crippen LogP contribution in [0.2, 0.25) is 0 Å². The molecular formula is C11H13NO5. The van der Waals surface area contributed by atoms with Crippen molar-refractivity contribution in [3.8, 4) is 0 Å². The minimum atomic E-state index is -1.50. The highest BCUT2D eigenvalue weighted by Crippen LogP contribution is 2.25. The minimum Gasteiger partial charge on any atom is -0.479 e. The first-order chi connectivity index (χ1) is 7.97. The van der Waals surface area contributed by atoms with Crippen LogP contribution in [0.3, 0.4) is 0 Å². The second kappa shape index (κ2) is 5.40. The lowest BCUT2D eigenvalue weighted by atomic mass is 9.91. The van der Waals surface area contributed by atoms with Crippen molar-refractivity contribution in [1.29, 1.82) is 0 Å². The number of carbonyl (C=O) groups is 1. The number of hydrogen-bond donors (Lipinski definition) is 2. The van der Waals surface area contributed by atoms with E-state index in [2.05, 4.69) is 0 Å². The largest absolute Gasteiger partial charge is 0.479 e. The summed E-state index contributed by atoms with van der Waals surface area (Å²) in [6.45, 7) is 1.75. The molecule has 0 spiro atoms. The molecule has 0 radical (unpaired) electrons. The monoisotopic (exact) mass is 239 g/mol. The molecule has 0 bridgehead atoms. The van der Waals surface area contributed by atoms with E-state index in [1.807, 2.05) is 0 Å². The van der Waals surface area contributed by atoms with E-state index in [9.17, 15) is 20.0 Å². The molecule has 0 fully saturated rings. The maximum atomic E-state index is 10.7. The first-order valence-corrected chi connectivity index (χ1v) is 5.12. The molecule has 0 aliphatic heterocycles. The summed E-state index contributed by atoms with van der Waals surface area (Å²) in [4.78, 5) is 20.6. The quantitative estimate of drug-likeness (QED) is 0.599. The van der Waals surface area contributed by atoms with Crippen LogP contribution < -0.4 is 0 Å². The Labute approximate surface area is 97.7 Å². The summed E-state index contributed by atoms with van der Waals surface area (Å²) in [6, 6.07) is 5.54. The van der Waals surface area contributed by atoms with E-state index >= 15 is 0 Å². The Morgan fingerprint density at radius 1 is 1.41 bits per heavy atom. The lowest BCUT2D eigenvalue weighted by molar-refractivity contribution is -0.384. The third-order valence-electron chi connectivity index (χ3n) is 2.61. The zero-order valence-corrected chi connectivity index (χ0v) is 9.24. The van der Waals surface area contributed by atoms with Gasteiger partial charge in [-0.2, -0.15) is 0 Å². The van der Waals surface area contributed by atoms with Gasteiger partial charge in [0.2, 0.25) is 0 Å². The Hall–Kier alpha value is -1.95. The molecule has 2 N–H and O–H groups in total. The molecular weight excluding hydrogens is 226 g/mol. The van der Waals surface area contributed by atoms with Gasteiger partial charge in [0.1, 0.15) is 0 Å². The summed E-state index contributed by atoms with van der Waals surface area (Å²) >= 11 is 0. The van der Waals surface area contributed by atoms with Crippen LogP contribution in [0, 0.1) is 10.1 Å². The molecule has 1 aromatic rings. The van der Waals surface area contributed by atoms with Gasteiger partial charge in [0.15, 0.2) is 6.10 Å². The third kappa shape index (κ3) is 3.01. The van der Waals surface area contributed by atoms with E-state index in [0.717, 1.165) is 0 Å². The van der Waals surface area contributed by atoms with Crippen molar-refractivity contribution in [3.63, 3.8) is 0 Å². The fraction of sp³-hybridized carbons (Fsp3) is 0.364. The number of nitro benzene ring substituents is 1. The highest BCUT2D eigenvalue weighted by atomic mass is 16.6. The van der Waals surface area contributed by atoms with E-state index in [1.165, 1.54) is 24.3 Å². The molecule has 0 aliphatic rings. The van der Waals surface area contributed by atoms with Crippen LogP contribution in [0.5, 0.6) is 0 Å². The predicted octanol–water partition coefficient (Wildman–Crippen LogP) is 1.53. The number of carboxylic acid groups (broad SMARTS) is 1. The van der Waals surface area contributed by atoms with E-state index in [4.69, 9.17) is 5.11 Å². The van der Waals surface area contributed by atoms with Gasteiger partial charge in [-0.15, -0.1) is 0 Å². The average Bonchev–Trinajstić information content (AvgIpc) is 2.30. The van der Waals surface area contributed by atoms with Gasteiger partial charge < -0.3 is 10.2 Å². The van der Waals surface area contributed by atoms with E-state index in [0.29, 0.717) is 12.0 Å². The van der Waals surface area contributed by atoms with Gasteiger partial charge in [-0.3, -0.25) is 10.1 Å². The first-order valence-electron chi connectivity index (χ1n) is 5.12. The molecule has 2 unspecified atom stereocenters. The number of carboxylic acids is 1. The molecule has 0 saturated heterocycles. The Balaban J connectivity index is 2.97. The van der Waals surface area contributed by atoms with Gasteiger partial charge >= 0.3 is 5.97 Å². The highest BCUT2D eigenvalue weighted by Gasteiger charge is 2.25. The Bertz CT molecular complexity index is 414. The SMILES string of the molecule is CCC(c1ccc([N+](=O)[O-])cc1)C(O)C(=O)O. The highest BCUT2D eigenvalue weighted by molar-refractivity contribution is 5.73. The maximum Gasteiger partial charge on any atom is 0.333 e. The molecule has 92 valence electrons. The number of nitrogens with zero attached hydrogens (tertiary/aromatic N) is 1. The smallest absolute Gasteiger partial charge is 0.333 e. The molecule has 0 heterocycles. The molecule has 1 rings (SSSR count). The van der Waals surface area contributed by atoms with Crippen molar-refractivity contribution in [2.45, 2.75) is 25.4 Å². The molecule has 0 amide bonds. The van der Waals surface area contributed by atoms with Gasteiger partial charge in [0.25, 0.3) is 5.69 Å². The Morgan fingerprint density at radius 3 is 2.29 bits per heavy atom. The molecule has 0 saturated carbocycles. The van der Waals surface area contributed by atoms with Gasteiger partial charge in [0, 0.05) is 18.1 Å². The minimum absolute atomic E-state index is 0.0617. The summed E-state index contributed by atoms with van der Waals surface area (Å²) in [7, 11) is 0. The summed E-state index contributed by atoms with van der Waals surface area (Å²) in [5.74, 6) is -1.86. The molecule has 0 aliphatic carbocycles. The van der Waals surface area contributed by atoms with Gasteiger partial charge in [-0.1, -0.05) is 19.1 Å².